The molecular weight excluding hydrogens is 402 g/mol. The van der Waals surface area contributed by atoms with Gasteiger partial charge in [0, 0.05) is 10.5 Å². The van der Waals surface area contributed by atoms with Crippen molar-refractivity contribution >= 4 is 27.7 Å². The van der Waals surface area contributed by atoms with Crippen molar-refractivity contribution < 1.29 is 9.53 Å². The Morgan fingerprint density at radius 3 is 2.67 bits per heavy atom. The lowest BCUT2D eigenvalue weighted by atomic mass is 9.88. The van der Waals surface area contributed by atoms with E-state index in [0.29, 0.717) is 12.5 Å². The number of aryl methyl sites for hydroxylation is 2. The van der Waals surface area contributed by atoms with Gasteiger partial charge in [-0.15, -0.1) is 0 Å². The Labute approximate surface area is 170 Å². The Morgan fingerprint density at radius 2 is 2.00 bits per heavy atom. The summed E-state index contributed by atoms with van der Waals surface area (Å²) in [7, 11) is 0. The number of fused-ring (bicyclic) bond motifs is 1. The number of anilines is 1. The van der Waals surface area contributed by atoms with Crippen LogP contribution in [0.2, 0.25) is 0 Å². The van der Waals surface area contributed by atoms with Crippen molar-refractivity contribution in [2.75, 3.05) is 4.90 Å². The third-order valence-electron chi connectivity index (χ3n) is 5.11. The van der Waals surface area contributed by atoms with Gasteiger partial charge in [-0.1, -0.05) is 67.0 Å². The quantitative estimate of drug-likeness (QED) is 0.541. The molecule has 0 bridgehead atoms. The van der Waals surface area contributed by atoms with Crippen LogP contribution in [0.15, 0.2) is 46.9 Å². The van der Waals surface area contributed by atoms with Gasteiger partial charge in [0.05, 0.1) is 5.69 Å². The molecule has 0 aliphatic carbocycles. The molecule has 0 saturated heterocycles. The van der Waals surface area contributed by atoms with E-state index in [4.69, 9.17) is 4.74 Å². The fourth-order valence-electron chi connectivity index (χ4n) is 3.92. The number of hydrogen-bond acceptors (Lipinski definition) is 2. The van der Waals surface area contributed by atoms with Gasteiger partial charge in [0.2, 0.25) is 0 Å². The predicted molar refractivity (Wildman–Crippen MR) is 114 cm³/mol. The molecule has 1 amide bonds. The van der Waals surface area contributed by atoms with Crippen molar-refractivity contribution in [3.8, 4) is 0 Å². The highest BCUT2D eigenvalue weighted by molar-refractivity contribution is 9.10. The molecule has 1 unspecified atom stereocenters. The van der Waals surface area contributed by atoms with E-state index in [0.717, 1.165) is 41.4 Å². The van der Waals surface area contributed by atoms with Gasteiger partial charge in [0.25, 0.3) is 0 Å². The van der Waals surface area contributed by atoms with Crippen molar-refractivity contribution in [2.24, 2.45) is 5.92 Å². The molecular formula is C23H28BrNO2. The van der Waals surface area contributed by atoms with E-state index >= 15 is 0 Å². The van der Waals surface area contributed by atoms with Crippen LogP contribution in [0.5, 0.6) is 0 Å². The van der Waals surface area contributed by atoms with Gasteiger partial charge in [0.1, 0.15) is 6.61 Å². The first-order valence-corrected chi connectivity index (χ1v) is 10.6. The average molecular weight is 430 g/mol. The van der Waals surface area contributed by atoms with Crippen LogP contribution in [-0.2, 0) is 24.2 Å². The van der Waals surface area contributed by atoms with Crippen molar-refractivity contribution in [3.63, 3.8) is 0 Å². The van der Waals surface area contributed by atoms with E-state index < -0.39 is 0 Å². The van der Waals surface area contributed by atoms with E-state index in [-0.39, 0.29) is 12.1 Å². The Kier molecular flexibility index (Phi) is 6.59. The second-order valence-corrected chi connectivity index (χ2v) is 8.57. The zero-order valence-corrected chi connectivity index (χ0v) is 18.0. The second kappa shape index (κ2) is 8.92. The number of rotatable bonds is 5. The third-order valence-corrected chi connectivity index (χ3v) is 5.57. The van der Waals surface area contributed by atoms with Gasteiger partial charge in [0.15, 0.2) is 0 Å². The number of amides is 1. The van der Waals surface area contributed by atoms with Crippen molar-refractivity contribution in [2.45, 2.75) is 59.1 Å². The highest BCUT2D eigenvalue weighted by atomic mass is 79.9. The summed E-state index contributed by atoms with van der Waals surface area (Å²) in [5.41, 5.74) is 4.51. The van der Waals surface area contributed by atoms with Gasteiger partial charge >= 0.3 is 6.09 Å². The lowest BCUT2D eigenvalue weighted by Crippen LogP contribution is -2.45. The summed E-state index contributed by atoms with van der Waals surface area (Å²) in [6, 6.07) is 14.3. The van der Waals surface area contributed by atoms with Gasteiger partial charge < -0.3 is 4.74 Å². The van der Waals surface area contributed by atoms with Crippen LogP contribution in [-0.4, -0.2) is 12.1 Å². The molecule has 0 N–H and O–H groups in total. The molecule has 0 spiro atoms. The molecule has 1 aliphatic rings. The largest absolute Gasteiger partial charge is 0.444 e. The first-order chi connectivity index (χ1) is 13.0. The number of hydrogen-bond donors (Lipinski definition) is 0. The van der Waals surface area contributed by atoms with Crippen LogP contribution in [0.25, 0.3) is 0 Å². The lowest BCUT2D eigenvalue weighted by molar-refractivity contribution is 0.142. The van der Waals surface area contributed by atoms with Gasteiger partial charge in [-0.2, -0.15) is 0 Å². The highest BCUT2D eigenvalue weighted by Crippen LogP contribution is 2.39. The molecule has 2 aromatic carbocycles. The van der Waals surface area contributed by atoms with Crippen molar-refractivity contribution in [1.82, 2.24) is 0 Å². The normalized spacial score (nSPS) is 16.3. The van der Waals surface area contributed by atoms with Gasteiger partial charge in [-0.25, -0.2) is 4.79 Å². The van der Waals surface area contributed by atoms with Crippen LogP contribution in [0.4, 0.5) is 10.5 Å². The molecule has 3 nitrogen and oxygen atoms in total. The minimum absolute atomic E-state index is 0.187. The molecule has 0 saturated carbocycles. The smallest absolute Gasteiger partial charge is 0.414 e. The fourth-order valence-corrected chi connectivity index (χ4v) is 4.47. The number of nitrogens with zero attached hydrogens (tertiary/aromatic N) is 1. The summed E-state index contributed by atoms with van der Waals surface area (Å²) < 4.78 is 6.82. The maximum Gasteiger partial charge on any atom is 0.414 e. The van der Waals surface area contributed by atoms with Gasteiger partial charge in [-0.05, 0) is 60.4 Å². The highest BCUT2D eigenvalue weighted by Gasteiger charge is 2.34. The number of benzene rings is 2. The summed E-state index contributed by atoms with van der Waals surface area (Å²) >= 11 is 3.62. The summed E-state index contributed by atoms with van der Waals surface area (Å²) in [6.45, 7) is 6.87. The molecule has 3 rings (SSSR count). The van der Waals surface area contributed by atoms with Crippen LogP contribution in [0.3, 0.4) is 0 Å². The first kappa shape index (κ1) is 19.9. The maximum atomic E-state index is 13.2. The molecule has 0 radical (unpaired) electrons. The summed E-state index contributed by atoms with van der Waals surface area (Å²) in [6.07, 6.45) is 3.62. The van der Waals surface area contributed by atoms with Crippen LogP contribution in [0.1, 0.15) is 50.3 Å². The summed E-state index contributed by atoms with van der Waals surface area (Å²) in [5.74, 6) is 0.529. The SMILES string of the molecule is CCc1cc(Br)cc2c1N(C(=O)OCc1ccccc1)C(CC(C)C)CC2. The zero-order valence-electron chi connectivity index (χ0n) is 16.4. The minimum atomic E-state index is -0.234. The van der Waals surface area contributed by atoms with E-state index in [9.17, 15) is 4.79 Å². The lowest BCUT2D eigenvalue weighted by Gasteiger charge is -2.38. The molecule has 27 heavy (non-hydrogen) atoms. The van der Waals surface area contributed by atoms with E-state index in [1.54, 1.807) is 0 Å². The van der Waals surface area contributed by atoms with Crippen LogP contribution in [0, 0.1) is 5.92 Å². The molecule has 1 heterocycles. The molecule has 2 aromatic rings. The summed E-state index contributed by atoms with van der Waals surface area (Å²) in [4.78, 5) is 15.1. The topological polar surface area (TPSA) is 29.5 Å². The number of halogens is 1. The second-order valence-electron chi connectivity index (χ2n) is 7.66. The van der Waals surface area contributed by atoms with Crippen molar-refractivity contribution in [1.29, 1.82) is 0 Å². The van der Waals surface area contributed by atoms with E-state index in [1.807, 2.05) is 35.2 Å². The Morgan fingerprint density at radius 1 is 1.26 bits per heavy atom. The molecule has 4 heteroatoms. The van der Waals surface area contributed by atoms with Gasteiger partial charge in [-0.3, -0.25) is 4.90 Å². The monoisotopic (exact) mass is 429 g/mol. The summed E-state index contributed by atoms with van der Waals surface area (Å²) in [5, 5.41) is 0. The number of carbonyl (C=O) groups excluding carboxylic acids is 1. The Hall–Kier alpha value is -1.81. The molecule has 0 aromatic heterocycles. The third kappa shape index (κ3) is 4.73. The number of ether oxygens (including phenoxy) is 1. The van der Waals surface area contributed by atoms with Crippen LogP contribution >= 0.6 is 15.9 Å². The Balaban J connectivity index is 1.91. The van der Waals surface area contributed by atoms with E-state index in [2.05, 4.69) is 48.8 Å². The first-order valence-electron chi connectivity index (χ1n) is 9.80. The maximum absolute atomic E-state index is 13.2. The molecule has 1 atom stereocenters. The average Bonchev–Trinajstić information content (AvgIpc) is 2.65. The van der Waals surface area contributed by atoms with Crippen molar-refractivity contribution in [3.05, 3.63) is 63.6 Å². The molecule has 1 aliphatic heterocycles. The minimum Gasteiger partial charge on any atom is -0.444 e. The molecule has 0 fully saturated rings. The fraction of sp³-hybridized carbons (Fsp3) is 0.435. The van der Waals surface area contributed by atoms with Crippen LogP contribution < -0.4 is 4.90 Å². The number of carbonyl (C=O) groups is 1. The predicted octanol–water partition coefficient (Wildman–Crippen LogP) is 6.52. The van der Waals surface area contributed by atoms with E-state index in [1.165, 1.54) is 11.1 Å². The molecule has 144 valence electrons. The zero-order chi connectivity index (χ0) is 19.4. The Bertz CT molecular complexity index is 771. The standard InChI is InChI=1S/C23H28BrNO2/c1-4-18-13-20(24)14-19-10-11-21(12-16(2)3)25(22(18)19)23(26)27-15-17-8-6-5-7-9-17/h5-9,13-14,16,21H,4,10-12,15H2,1-3H3.